The fourth-order valence-electron chi connectivity index (χ4n) is 1.58. The van der Waals surface area contributed by atoms with Crippen LogP contribution in [0.4, 0.5) is 0 Å². The second-order valence-corrected chi connectivity index (χ2v) is 6.04. The molecule has 0 aliphatic rings. The summed E-state index contributed by atoms with van der Waals surface area (Å²) in [4.78, 5) is 16.2. The van der Waals surface area contributed by atoms with E-state index < -0.39 is 0 Å². The van der Waals surface area contributed by atoms with Crippen molar-refractivity contribution < 1.29 is 4.79 Å². The van der Waals surface area contributed by atoms with Crippen LogP contribution in [0.1, 0.15) is 15.9 Å². The molecule has 0 saturated heterocycles. The first-order chi connectivity index (χ1) is 9.79. The van der Waals surface area contributed by atoms with Crippen molar-refractivity contribution in [2.75, 3.05) is 6.26 Å². The minimum absolute atomic E-state index is 0.185. The van der Waals surface area contributed by atoms with Crippen molar-refractivity contribution in [1.29, 1.82) is 0 Å². The van der Waals surface area contributed by atoms with Gasteiger partial charge in [-0.2, -0.15) is 4.99 Å². The topological polar surface area (TPSA) is 29.4 Å². The number of rotatable bonds is 3. The molecule has 0 atom stereocenters. The molecular weight excluding hydrogens is 286 g/mol. The summed E-state index contributed by atoms with van der Waals surface area (Å²) in [5.74, 6) is 0.637. The van der Waals surface area contributed by atoms with Gasteiger partial charge in [0.25, 0.3) is 5.91 Å². The smallest absolute Gasteiger partial charge is 0.267 e. The van der Waals surface area contributed by atoms with E-state index in [1.165, 1.54) is 17.3 Å². The van der Waals surface area contributed by atoms with Crippen LogP contribution in [-0.2, 0) is 5.75 Å². The molecule has 0 spiro atoms. The van der Waals surface area contributed by atoms with E-state index in [4.69, 9.17) is 0 Å². The van der Waals surface area contributed by atoms with Crippen LogP contribution in [0.3, 0.4) is 0 Å². The van der Waals surface area contributed by atoms with Gasteiger partial charge in [-0.25, -0.2) is 0 Å². The summed E-state index contributed by atoms with van der Waals surface area (Å²) in [6, 6.07) is 19.3. The van der Waals surface area contributed by atoms with Gasteiger partial charge in [-0.05, 0) is 24.0 Å². The Labute approximate surface area is 127 Å². The zero-order chi connectivity index (χ0) is 14.2. The highest BCUT2D eigenvalue weighted by Gasteiger charge is 2.06. The number of nitrogens with zero attached hydrogens (tertiary/aromatic N) is 1. The molecule has 20 heavy (non-hydrogen) atoms. The number of hydrogen-bond acceptors (Lipinski definition) is 3. The summed E-state index contributed by atoms with van der Waals surface area (Å²) in [6.07, 6.45) is 1.94. The van der Waals surface area contributed by atoms with Crippen LogP contribution >= 0.6 is 23.5 Å². The number of amides is 1. The Morgan fingerprint density at radius 1 is 1.00 bits per heavy atom. The second-order valence-electron chi connectivity index (χ2n) is 4.03. The first-order valence-corrected chi connectivity index (χ1v) is 8.39. The van der Waals surface area contributed by atoms with Crippen LogP contribution in [0, 0.1) is 0 Å². The molecule has 0 aromatic heterocycles. The molecular formula is C16H15NOS2. The molecule has 0 unspecified atom stereocenters. The maximum Gasteiger partial charge on any atom is 0.278 e. The van der Waals surface area contributed by atoms with Crippen LogP contribution in [-0.4, -0.2) is 16.5 Å². The van der Waals surface area contributed by atoms with Gasteiger partial charge in [0, 0.05) is 11.3 Å². The van der Waals surface area contributed by atoms with E-state index in [9.17, 15) is 4.79 Å². The fraction of sp³-hybridized carbons (Fsp3) is 0.125. The highest BCUT2D eigenvalue weighted by Crippen LogP contribution is 2.20. The molecule has 0 heterocycles. The lowest BCUT2D eigenvalue weighted by atomic mass is 10.2. The predicted molar refractivity (Wildman–Crippen MR) is 89.5 cm³/mol. The molecule has 2 aromatic rings. The van der Waals surface area contributed by atoms with Crippen molar-refractivity contribution in [2.45, 2.75) is 5.75 Å². The highest BCUT2D eigenvalue weighted by atomic mass is 32.2. The summed E-state index contributed by atoms with van der Waals surface area (Å²) in [6.45, 7) is 0. The number of benzene rings is 2. The lowest BCUT2D eigenvalue weighted by Gasteiger charge is -2.03. The van der Waals surface area contributed by atoms with Crippen LogP contribution in [0.5, 0.6) is 0 Å². The standard InChI is InChI=1S/C16H15NOS2/c1-19-16(20-12-13-8-4-2-5-9-13)17-15(18)14-10-6-3-7-11-14/h2-11H,12H2,1H3. The van der Waals surface area contributed by atoms with Gasteiger partial charge in [0.15, 0.2) is 0 Å². The Kier molecular flexibility index (Phi) is 5.89. The summed E-state index contributed by atoms with van der Waals surface area (Å²) in [7, 11) is 0. The van der Waals surface area contributed by atoms with Gasteiger partial charge in [0.2, 0.25) is 0 Å². The molecule has 0 saturated carbocycles. The number of carbonyl (C=O) groups excluding carboxylic acids is 1. The molecule has 2 nitrogen and oxygen atoms in total. The van der Waals surface area contributed by atoms with Crippen molar-refractivity contribution in [3.05, 3.63) is 71.8 Å². The number of aliphatic imine (C=N–C) groups is 1. The maximum absolute atomic E-state index is 12.0. The molecule has 0 aliphatic heterocycles. The van der Waals surface area contributed by atoms with Gasteiger partial charge < -0.3 is 0 Å². The molecule has 0 radical (unpaired) electrons. The Balaban J connectivity index is 2.01. The van der Waals surface area contributed by atoms with E-state index >= 15 is 0 Å². The third kappa shape index (κ3) is 4.54. The maximum atomic E-state index is 12.0. The summed E-state index contributed by atoms with van der Waals surface area (Å²) < 4.78 is 0.794. The summed E-state index contributed by atoms with van der Waals surface area (Å²) >= 11 is 3.09. The number of thioether (sulfide) groups is 2. The molecule has 2 aromatic carbocycles. The van der Waals surface area contributed by atoms with Gasteiger partial charge >= 0.3 is 0 Å². The third-order valence-electron chi connectivity index (χ3n) is 2.59. The fourth-order valence-corrected chi connectivity index (χ4v) is 3.04. The summed E-state index contributed by atoms with van der Waals surface area (Å²) in [5, 5.41) is 0. The molecule has 0 aliphatic carbocycles. The monoisotopic (exact) mass is 301 g/mol. The van der Waals surface area contributed by atoms with Gasteiger partial charge in [-0.3, -0.25) is 4.79 Å². The average molecular weight is 301 g/mol. The van der Waals surface area contributed by atoms with E-state index in [-0.39, 0.29) is 5.91 Å². The van der Waals surface area contributed by atoms with Crippen molar-refractivity contribution in [3.63, 3.8) is 0 Å². The van der Waals surface area contributed by atoms with E-state index in [2.05, 4.69) is 17.1 Å². The minimum Gasteiger partial charge on any atom is -0.267 e. The van der Waals surface area contributed by atoms with Crippen LogP contribution in [0.25, 0.3) is 0 Å². The molecule has 0 bridgehead atoms. The van der Waals surface area contributed by atoms with E-state index in [0.29, 0.717) is 5.56 Å². The Morgan fingerprint density at radius 3 is 2.20 bits per heavy atom. The normalized spacial score (nSPS) is 11.3. The second kappa shape index (κ2) is 7.92. The van der Waals surface area contributed by atoms with Crippen LogP contribution < -0.4 is 0 Å². The van der Waals surface area contributed by atoms with Crippen molar-refractivity contribution in [1.82, 2.24) is 0 Å². The summed E-state index contributed by atoms with van der Waals surface area (Å²) in [5.41, 5.74) is 1.85. The molecule has 4 heteroatoms. The molecule has 0 N–H and O–H groups in total. The first-order valence-electron chi connectivity index (χ1n) is 6.18. The number of carbonyl (C=O) groups is 1. The molecule has 0 fully saturated rings. The van der Waals surface area contributed by atoms with Crippen molar-refractivity contribution in [3.8, 4) is 0 Å². The molecule has 102 valence electrons. The van der Waals surface area contributed by atoms with Gasteiger partial charge in [0.1, 0.15) is 4.38 Å². The lowest BCUT2D eigenvalue weighted by Crippen LogP contribution is -1.98. The zero-order valence-corrected chi connectivity index (χ0v) is 12.8. The average Bonchev–Trinajstić information content (AvgIpc) is 2.53. The minimum atomic E-state index is -0.185. The van der Waals surface area contributed by atoms with Gasteiger partial charge in [-0.15, -0.1) is 11.8 Å². The SMILES string of the molecule is CSC(=NC(=O)c1ccccc1)SCc1ccccc1. The van der Waals surface area contributed by atoms with Gasteiger partial charge in [0.05, 0.1) is 0 Å². The van der Waals surface area contributed by atoms with Crippen LogP contribution in [0.2, 0.25) is 0 Å². The van der Waals surface area contributed by atoms with Crippen molar-refractivity contribution in [2.24, 2.45) is 4.99 Å². The Morgan fingerprint density at radius 2 is 1.60 bits per heavy atom. The first kappa shape index (κ1) is 14.9. The van der Waals surface area contributed by atoms with Crippen molar-refractivity contribution >= 4 is 33.8 Å². The van der Waals surface area contributed by atoms with E-state index in [1.54, 1.807) is 23.9 Å². The quantitative estimate of drug-likeness (QED) is 0.618. The van der Waals surface area contributed by atoms with Gasteiger partial charge in [-0.1, -0.05) is 60.3 Å². The molecule has 1 amide bonds. The largest absolute Gasteiger partial charge is 0.278 e. The number of hydrogen-bond donors (Lipinski definition) is 0. The van der Waals surface area contributed by atoms with E-state index in [0.717, 1.165) is 10.1 Å². The predicted octanol–water partition coefficient (Wildman–Crippen LogP) is 4.48. The Hall–Kier alpha value is -1.52. The van der Waals surface area contributed by atoms with E-state index in [1.807, 2.05) is 42.7 Å². The highest BCUT2D eigenvalue weighted by molar-refractivity contribution is 8.38. The Bertz CT molecular complexity index is 582. The molecule has 2 rings (SSSR count). The lowest BCUT2D eigenvalue weighted by molar-refractivity contribution is 0.100. The third-order valence-corrected chi connectivity index (χ3v) is 4.70. The zero-order valence-electron chi connectivity index (χ0n) is 11.2. The van der Waals surface area contributed by atoms with Crippen LogP contribution in [0.15, 0.2) is 65.7 Å².